The van der Waals surface area contributed by atoms with E-state index in [0.29, 0.717) is 0 Å². The number of amides is 1. The third-order valence-electron chi connectivity index (χ3n) is 3.29. The third-order valence-corrected chi connectivity index (χ3v) is 3.29. The minimum Gasteiger partial charge on any atom is -0.497 e. The zero-order chi connectivity index (χ0) is 14.7. The molecule has 2 rings (SSSR count). The largest absolute Gasteiger partial charge is 0.497 e. The van der Waals surface area contributed by atoms with Crippen molar-refractivity contribution in [2.75, 3.05) is 12.4 Å². The van der Waals surface area contributed by atoms with Crippen LogP contribution < -0.4 is 10.1 Å². The van der Waals surface area contributed by atoms with Crippen LogP contribution in [0.5, 0.6) is 5.75 Å². The Balaban J connectivity index is 2.66. The first-order valence-electron chi connectivity index (χ1n) is 6.55. The number of ether oxygens (including phenoxy) is 1. The number of anilines is 1. The van der Waals surface area contributed by atoms with E-state index in [0.717, 1.165) is 22.6 Å². The standard InChI is InChI=1S/C17H19NO2/c1-11-6-5-7-12(2)17(11)15-10-14(20-4)8-9-16(15)18-13(3)19/h5-10H,1-4H3,(H,18,19). The molecule has 2 aromatic rings. The minimum atomic E-state index is -0.0809. The number of carbonyl (C=O) groups is 1. The lowest BCUT2D eigenvalue weighted by atomic mass is 9.94. The molecule has 0 fully saturated rings. The Morgan fingerprint density at radius 1 is 1.10 bits per heavy atom. The molecule has 3 nitrogen and oxygen atoms in total. The topological polar surface area (TPSA) is 38.3 Å². The molecule has 0 atom stereocenters. The first-order chi connectivity index (χ1) is 9.52. The van der Waals surface area contributed by atoms with Gasteiger partial charge in [-0.3, -0.25) is 4.79 Å². The van der Waals surface area contributed by atoms with Crippen LogP contribution in [0.3, 0.4) is 0 Å². The summed E-state index contributed by atoms with van der Waals surface area (Å²) in [5.41, 5.74) is 5.26. The minimum absolute atomic E-state index is 0.0809. The number of methoxy groups -OCH3 is 1. The van der Waals surface area contributed by atoms with Gasteiger partial charge in [0.1, 0.15) is 5.75 Å². The van der Waals surface area contributed by atoms with Crippen LogP contribution in [0.1, 0.15) is 18.1 Å². The Kier molecular flexibility index (Phi) is 4.08. The summed E-state index contributed by atoms with van der Waals surface area (Å²) >= 11 is 0. The van der Waals surface area contributed by atoms with E-state index in [9.17, 15) is 4.79 Å². The van der Waals surface area contributed by atoms with Crippen molar-refractivity contribution in [1.29, 1.82) is 0 Å². The molecule has 0 saturated carbocycles. The Morgan fingerprint density at radius 2 is 1.75 bits per heavy atom. The highest BCUT2D eigenvalue weighted by Gasteiger charge is 2.12. The molecule has 0 bridgehead atoms. The maximum absolute atomic E-state index is 11.4. The van der Waals surface area contributed by atoms with Gasteiger partial charge in [-0.05, 0) is 48.7 Å². The number of benzene rings is 2. The second-order valence-electron chi connectivity index (χ2n) is 4.86. The third kappa shape index (κ3) is 2.82. The molecule has 1 amide bonds. The SMILES string of the molecule is COc1ccc(NC(C)=O)c(-c2c(C)cccc2C)c1. The number of nitrogens with one attached hydrogen (secondary N) is 1. The average molecular weight is 269 g/mol. The first kappa shape index (κ1) is 14.1. The molecule has 0 radical (unpaired) electrons. The Bertz CT molecular complexity index is 627. The predicted octanol–water partition coefficient (Wildman–Crippen LogP) is 3.94. The van der Waals surface area contributed by atoms with Crippen LogP contribution >= 0.6 is 0 Å². The molecule has 0 aliphatic heterocycles. The van der Waals surface area contributed by atoms with Crippen molar-refractivity contribution in [3.8, 4) is 16.9 Å². The highest BCUT2D eigenvalue weighted by molar-refractivity contribution is 5.95. The zero-order valence-electron chi connectivity index (χ0n) is 12.3. The molecular formula is C17H19NO2. The van der Waals surface area contributed by atoms with Gasteiger partial charge in [-0.1, -0.05) is 18.2 Å². The molecule has 0 aliphatic carbocycles. The lowest BCUT2D eigenvalue weighted by Gasteiger charge is -2.16. The van der Waals surface area contributed by atoms with Crippen LogP contribution in [0.15, 0.2) is 36.4 Å². The summed E-state index contributed by atoms with van der Waals surface area (Å²) in [6, 6.07) is 11.9. The van der Waals surface area contributed by atoms with Crippen molar-refractivity contribution in [2.24, 2.45) is 0 Å². The Labute approximate surface area is 119 Å². The molecule has 0 aliphatic rings. The van der Waals surface area contributed by atoms with Gasteiger partial charge >= 0.3 is 0 Å². The molecule has 0 unspecified atom stereocenters. The predicted molar refractivity (Wildman–Crippen MR) is 82.2 cm³/mol. The molecule has 1 N–H and O–H groups in total. The molecule has 0 saturated heterocycles. The maximum Gasteiger partial charge on any atom is 0.221 e. The summed E-state index contributed by atoms with van der Waals surface area (Å²) in [6.07, 6.45) is 0. The van der Waals surface area contributed by atoms with Gasteiger partial charge in [-0.15, -0.1) is 0 Å². The van der Waals surface area contributed by atoms with Crippen molar-refractivity contribution < 1.29 is 9.53 Å². The highest BCUT2D eigenvalue weighted by Crippen LogP contribution is 2.35. The second-order valence-corrected chi connectivity index (χ2v) is 4.86. The van der Waals surface area contributed by atoms with Gasteiger partial charge in [0.15, 0.2) is 0 Å². The van der Waals surface area contributed by atoms with Crippen molar-refractivity contribution in [2.45, 2.75) is 20.8 Å². The maximum atomic E-state index is 11.4. The van der Waals surface area contributed by atoms with Crippen LogP contribution in [0.2, 0.25) is 0 Å². The number of carbonyl (C=O) groups excluding carboxylic acids is 1. The van der Waals surface area contributed by atoms with Crippen LogP contribution in [-0.2, 0) is 4.79 Å². The fraction of sp³-hybridized carbons (Fsp3) is 0.235. The van der Waals surface area contributed by atoms with Crippen LogP contribution in [-0.4, -0.2) is 13.0 Å². The summed E-state index contributed by atoms with van der Waals surface area (Å²) in [6.45, 7) is 5.65. The van der Waals surface area contributed by atoms with E-state index < -0.39 is 0 Å². The van der Waals surface area contributed by atoms with E-state index in [1.807, 2.05) is 24.3 Å². The fourth-order valence-corrected chi connectivity index (χ4v) is 2.40. The Morgan fingerprint density at radius 3 is 2.30 bits per heavy atom. The van der Waals surface area contributed by atoms with Crippen LogP contribution in [0.4, 0.5) is 5.69 Å². The lowest BCUT2D eigenvalue weighted by Crippen LogP contribution is -2.07. The Hall–Kier alpha value is -2.29. The second kappa shape index (κ2) is 5.78. The van der Waals surface area contributed by atoms with E-state index in [1.54, 1.807) is 7.11 Å². The smallest absolute Gasteiger partial charge is 0.221 e. The van der Waals surface area contributed by atoms with Gasteiger partial charge in [-0.25, -0.2) is 0 Å². The fourth-order valence-electron chi connectivity index (χ4n) is 2.40. The summed E-state index contributed by atoms with van der Waals surface area (Å²) in [5, 5.41) is 2.88. The first-order valence-corrected chi connectivity index (χ1v) is 6.55. The van der Waals surface area contributed by atoms with Crippen molar-refractivity contribution in [3.05, 3.63) is 47.5 Å². The average Bonchev–Trinajstić information content (AvgIpc) is 2.39. The van der Waals surface area contributed by atoms with Gasteiger partial charge < -0.3 is 10.1 Å². The molecule has 0 heterocycles. The van der Waals surface area contributed by atoms with Gasteiger partial charge in [0, 0.05) is 18.2 Å². The highest BCUT2D eigenvalue weighted by atomic mass is 16.5. The normalized spacial score (nSPS) is 10.2. The van der Waals surface area contributed by atoms with Gasteiger partial charge in [-0.2, -0.15) is 0 Å². The van der Waals surface area contributed by atoms with Gasteiger partial charge in [0.25, 0.3) is 0 Å². The molecule has 20 heavy (non-hydrogen) atoms. The molecule has 0 aromatic heterocycles. The molecular weight excluding hydrogens is 250 g/mol. The van der Waals surface area contributed by atoms with Gasteiger partial charge in [0.05, 0.1) is 7.11 Å². The van der Waals surface area contributed by atoms with Crippen molar-refractivity contribution in [1.82, 2.24) is 0 Å². The summed E-state index contributed by atoms with van der Waals surface area (Å²) in [7, 11) is 1.64. The number of rotatable bonds is 3. The molecule has 104 valence electrons. The molecule has 0 spiro atoms. The van der Waals surface area contributed by atoms with Gasteiger partial charge in [0.2, 0.25) is 5.91 Å². The summed E-state index contributed by atoms with van der Waals surface area (Å²) in [5.74, 6) is 0.694. The lowest BCUT2D eigenvalue weighted by molar-refractivity contribution is -0.114. The summed E-state index contributed by atoms with van der Waals surface area (Å²) < 4.78 is 5.30. The van der Waals surface area contributed by atoms with E-state index in [-0.39, 0.29) is 5.91 Å². The van der Waals surface area contributed by atoms with Crippen LogP contribution in [0, 0.1) is 13.8 Å². The molecule has 2 aromatic carbocycles. The number of hydrogen-bond acceptors (Lipinski definition) is 2. The summed E-state index contributed by atoms with van der Waals surface area (Å²) in [4.78, 5) is 11.4. The van der Waals surface area contributed by atoms with Crippen molar-refractivity contribution in [3.63, 3.8) is 0 Å². The number of aryl methyl sites for hydroxylation is 2. The zero-order valence-corrected chi connectivity index (χ0v) is 12.3. The molecule has 3 heteroatoms. The van der Waals surface area contributed by atoms with E-state index >= 15 is 0 Å². The quantitative estimate of drug-likeness (QED) is 0.916. The van der Waals surface area contributed by atoms with E-state index in [4.69, 9.17) is 4.74 Å². The number of hydrogen-bond donors (Lipinski definition) is 1. The van der Waals surface area contributed by atoms with Crippen molar-refractivity contribution >= 4 is 11.6 Å². The van der Waals surface area contributed by atoms with E-state index in [2.05, 4.69) is 31.3 Å². The monoisotopic (exact) mass is 269 g/mol. The van der Waals surface area contributed by atoms with Crippen LogP contribution in [0.25, 0.3) is 11.1 Å². The van der Waals surface area contributed by atoms with E-state index in [1.165, 1.54) is 18.1 Å².